The van der Waals surface area contributed by atoms with Crippen molar-refractivity contribution in [3.63, 3.8) is 0 Å². The zero-order valence-corrected chi connectivity index (χ0v) is 15.8. The summed E-state index contributed by atoms with van der Waals surface area (Å²) in [5.41, 5.74) is 1.95. The zero-order chi connectivity index (χ0) is 17.1. The summed E-state index contributed by atoms with van der Waals surface area (Å²) in [5.74, 6) is 0.553. The molecule has 1 aliphatic heterocycles. The van der Waals surface area contributed by atoms with Crippen LogP contribution in [0.4, 0.5) is 5.69 Å². The van der Waals surface area contributed by atoms with Crippen LogP contribution in [-0.4, -0.2) is 29.8 Å². The molecule has 130 valence electrons. The van der Waals surface area contributed by atoms with Crippen molar-refractivity contribution in [3.8, 4) is 0 Å². The number of carbonyl (C=O) groups excluding carboxylic acids is 2. The predicted molar refractivity (Wildman–Crippen MR) is 98.8 cm³/mol. The van der Waals surface area contributed by atoms with E-state index in [2.05, 4.69) is 21.2 Å². The lowest BCUT2D eigenvalue weighted by atomic mass is 9.81. The third-order valence-electron chi connectivity index (χ3n) is 5.29. The average Bonchev–Trinajstić information content (AvgIpc) is 3.12. The van der Waals surface area contributed by atoms with E-state index in [0.29, 0.717) is 5.91 Å². The van der Waals surface area contributed by atoms with Crippen LogP contribution in [0.2, 0.25) is 0 Å². The smallest absolute Gasteiger partial charge is 0.227 e. The molecule has 0 atom stereocenters. The van der Waals surface area contributed by atoms with Crippen LogP contribution in [-0.2, 0) is 9.59 Å². The number of rotatable bonds is 3. The van der Waals surface area contributed by atoms with Gasteiger partial charge in [-0.1, -0.05) is 15.9 Å². The molecule has 1 aromatic rings. The van der Waals surface area contributed by atoms with Gasteiger partial charge in [0.25, 0.3) is 0 Å². The Morgan fingerprint density at radius 1 is 1.08 bits per heavy atom. The molecule has 1 N–H and O–H groups in total. The van der Waals surface area contributed by atoms with E-state index < -0.39 is 0 Å². The van der Waals surface area contributed by atoms with Crippen molar-refractivity contribution in [2.24, 2.45) is 11.8 Å². The number of halogens is 1. The lowest BCUT2D eigenvalue weighted by Gasteiger charge is -2.29. The topological polar surface area (TPSA) is 49.4 Å². The fraction of sp³-hybridized carbons (Fsp3) is 0.579. The molecule has 1 saturated carbocycles. The highest BCUT2D eigenvalue weighted by molar-refractivity contribution is 9.10. The largest absolute Gasteiger partial charge is 0.342 e. The van der Waals surface area contributed by atoms with E-state index in [-0.39, 0.29) is 17.7 Å². The molecule has 1 aromatic carbocycles. The van der Waals surface area contributed by atoms with Crippen LogP contribution in [0.1, 0.15) is 44.1 Å². The molecular weight excluding hydrogens is 368 g/mol. The second-order valence-electron chi connectivity index (χ2n) is 7.03. The SMILES string of the molecule is Cc1cc(NC(=O)C2CCC(C(=O)N3CCCC3)CC2)ccc1Br. The van der Waals surface area contributed by atoms with Crippen molar-refractivity contribution < 1.29 is 9.59 Å². The van der Waals surface area contributed by atoms with Crippen LogP contribution in [0.5, 0.6) is 0 Å². The summed E-state index contributed by atoms with van der Waals surface area (Å²) >= 11 is 3.47. The Morgan fingerprint density at radius 3 is 2.33 bits per heavy atom. The second kappa shape index (κ2) is 7.68. The number of hydrogen-bond donors (Lipinski definition) is 1. The van der Waals surface area contributed by atoms with Gasteiger partial charge in [0.2, 0.25) is 11.8 Å². The van der Waals surface area contributed by atoms with Gasteiger partial charge >= 0.3 is 0 Å². The summed E-state index contributed by atoms with van der Waals surface area (Å²) in [5, 5.41) is 3.02. The summed E-state index contributed by atoms with van der Waals surface area (Å²) in [6.45, 7) is 3.85. The molecule has 2 amide bonds. The quantitative estimate of drug-likeness (QED) is 0.840. The monoisotopic (exact) mass is 392 g/mol. The standard InChI is InChI=1S/C19H25BrN2O2/c1-13-12-16(8-9-17(13)20)21-18(23)14-4-6-15(7-5-14)19(24)22-10-2-3-11-22/h8-9,12,14-15H,2-7,10-11H2,1H3,(H,21,23). The molecule has 0 radical (unpaired) electrons. The van der Waals surface area contributed by atoms with Crippen molar-refractivity contribution in [3.05, 3.63) is 28.2 Å². The third kappa shape index (κ3) is 4.00. The average molecular weight is 393 g/mol. The summed E-state index contributed by atoms with van der Waals surface area (Å²) in [4.78, 5) is 26.9. The maximum Gasteiger partial charge on any atom is 0.227 e. The molecule has 2 fully saturated rings. The molecule has 0 spiro atoms. The first kappa shape index (κ1) is 17.5. The van der Waals surface area contributed by atoms with Crippen molar-refractivity contribution in [1.29, 1.82) is 0 Å². The van der Waals surface area contributed by atoms with Gasteiger partial charge in [-0.15, -0.1) is 0 Å². The van der Waals surface area contributed by atoms with Crippen LogP contribution in [0, 0.1) is 18.8 Å². The van der Waals surface area contributed by atoms with Crippen molar-refractivity contribution >= 4 is 33.4 Å². The van der Waals surface area contributed by atoms with Crippen molar-refractivity contribution in [2.45, 2.75) is 45.4 Å². The van der Waals surface area contributed by atoms with E-state index >= 15 is 0 Å². The van der Waals surface area contributed by atoms with Gasteiger partial charge in [-0.3, -0.25) is 9.59 Å². The maximum absolute atomic E-state index is 12.5. The summed E-state index contributed by atoms with van der Waals surface area (Å²) in [7, 11) is 0. The van der Waals surface area contributed by atoms with Crippen LogP contribution in [0.15, 0.2) is 22.7 Å². The minimum atomic E-state index is 0.0246. The lowest BCUT2D eigenvalue weighted by molar-refractivity contribution is -0.136. The first-order valence-corrected chi connectivity index (χ1v) is 9.69. The van der Waals surface area contributed by atoms with E-state index in [9.17, 15) is 9.59 Å². The maximum atomic E-state index is 12.5. The van der Waals surface area contributed by atoms with Crippen LogP contribution in [0.25, 0.3) is 0 Å². The molecule has 1 saturated heterocycles. The number of aryl methyl sites for hydroxylation is 1. The highest BCUT2D eigenvalue weighted by Gasteiger charge is 2.32. The van der Waals surface area contributed by atoms with E-state index in [4.69, 9.17) is 0 Å². The first-order chi connectivity index (χ1) is 11.5. The van der Waals surface area contributed by atoms with Crippen LogP contribution < -0.4 is 5.32 Å². The molecule has 1 aliphatic carbocycles. The predicted octanol–water partition coefficient (Wildman–Crippen LogP) is 4.12. The molecule has 4 nitrogen and oxygen atoms in total. The molecule has 1 heterocycles. The molecule has 0 aromatic heterocycles. The highest BCUT2D eigenvalue weighted by Crippen LogP contribution is 2.32. The van der Waals surface area contributed by atoms with Gasteiger partial charge in [0, 0.05) is 35.1 Å². The minimum Gasteiger partial charge on any atom is -0.342 e. The lowest BCUT2D eigenvalue weighted by Crippen LogP contribution is -2.37. The van der Waals surface area contributed by atoms with Crippen molar-refractivity contribution in [2.75, 3.05) is 18.4 Å². The van der Waals surface area contributed by atoms with Gasteiger partial charge in [-0.2, -0.15) is 0 Å². The van der Waals surface area contributed by atoms with E-state index in [1.54, 1.807) is 0 Å². The van der Waals surface area contributed by atoms with Crippen LogP contribution >= 0.6 is 15.9 Å². The Balaban J connectivity index is 1.51. The van der Waals surface area contributed by atoms with E-state index in [0.717, 1.165) is 67.3 Å². The zero-order valence-electron chi connectivity index (χ0n) is 14.2. The van der Waals surface area contributed by atoms with Gasteiger partial charge in [-0.05, 0) is 69.2 Å². The first-order valence-electron chi connectivity index (χ1n) is 8.90. The number of likely N-dealkylation sites (tertiary alicyclic amines) is 1. The number of amides is 2. The number of hydrogen-bond acceptors (Lipinski definition) is 2. The molecule has 3 rings (SSSR count). The Bertz CT molecular complexity index is 618. The number of anilines is 1. The second-order valence-corrected chi connectivity index (χ2v) is 7.89. The Morgan fingerprint density at radius 2 is 1.71 bits per heavy atom. The summed E-state index contributed by atoms with van der Waals surface area (Å²) in [6, 6.07) is 5.85. The number of nitrogens with one attached hydrogen (secondary N) is 1. The van der Waals surface area contributed by atoms with Gasteiger partial charge < -0.3 is 10.2 Å². The summed E-state index contributed by atoms with van der Waals surface area (Å²) < 4.78 is 1.04. The van der Waals surface area contributed by atoms with Gasteiger partial charge in [-0.25, -0.2) is 0 Å². The third-order valence-corrected chi connectivity index (χ3v) is 6.18. The van der Waals surface area contributed by atoms with Gasteiger partial charge in [0.15, 0.2) is 0 Å². The molecule has 5 heteroatoms. The Hall–Kier alpha value is -1.36. The van der Waals surface area contributed by atoms with Crippen molar-refractivity contribution in [1.82, 2.24) is 4.90 Å². The molecular formula is C19H25BrN2O2. The molecule has 2 aliphatic rings. The summed E-state index contributed by atoms with van der Waals surface area (Å²) in [6.07, 6.45) is 5.57. The minimum absolute atomic E-state index is 0.0246. The van der Waals surface area contributed by atoms with E-state index in [1.807, 2.05) is 30.0 Å². The highest BCUT2D eigenvalue weighted by atomic mass is 79.9. The number of carbonyl (C=O) groups is 2. The fourth-order valence-corrected chi connectivity index (χ4v) is 4.01. The van der Waals surface area contributed by atoms with Crippen LogP contribution in [0.3, 0.4) is 0 Å². The van der Waals surface area contributed by atoms with Gasteiger partial charge in [0.1, 0.15) is 0 Å². The Labute approximate surface area is 152 Å². The van der Waals surface area contributed by atoms with Gasteiger partial charge in [0.05, 0.1) is 0 Å². The van der Waals surface area contributed by atoms with E-state index in [1.165, 1.54) is 0 Å². The molecule has 24 heavy (non-hydrogen) atoms. The Kier molecular flexibility index (Phi) is 5.59. The number of nitrogens with zero attached hydrogens (tertiary/aromatic N) is 1. The molecule has 0 unspecified atom stereocenters. The molecule has 0 bridgehead atoms. The number of benzene rings is 1. The fourth-order valence-electron chi connectivity index (χ4n) is 3.77. The normalized spacial score (nSPS) is 24.0.